The predicted octanol–water partition coefficient (Wildman–Crippen LogP) is 3.32. The van der Waals surface area contributed by atoms with E-state index in [2.05, 4.69) is 12.6 Å². The highest BCUT2D eigenvalue weighted by Crippen LogP contribution is 2.17. The molecular formula is C17H14O5S. The number of thiol groups is 1. The number of aromatic carboxylic acids is 1. The molecule has 5 nitrogen and oxygen atoms in total. The van der Waals surface area contributed by atoms with Gasteiger partial charge >= 0.3 is 11.9 Å². The minimum absolute atomic E-state index is 0.0517. The summed E-state index contributed by atoms with van der Waals surface area (Å²) in [6.45, 7) is 0.239. The van der Waals surface area contributed by atoms with E-state index in [4.69, 9.17) is 14.9 Å². The fourth-order valence-corrected chi connectivity index (χ4v) is 1.99. The molecule has 0 bridgehead atoms. The van der Waals surface area contributed by atoms with Crippen molar-refractivity contribution < 1.29 is 24.5 Å². The molecule has 2 rings (SSSR count). The lowest BCUT2D eigenvalue weighted by molar-refractivity contribution is -0.131. The molecular weight excluding hydrogens is 316 g/mol. The first kappa shape index (κ1) is 16.6. The molecule has 6 heteroatoms. The summed E-state index contributed by atoms with van der Waals surface area (Å²) in [6.07, 6.45) is 1.44. The average molecular weight is 330 g/mol. The van der Waals surface area contributed by atoms with Crippen LogP contribution >= 0.6 is 12.6 Å². The van der Waals surface area contributed by atoms with Gasteiger partial charge in [-0.3, -0.25) is 0 Å². The first-order valence-corrected chi connectivity index (χ1v) is 7.09. The third-order valence-corrected chi connectivity index (χ3v) is 3.30. The van der Waals surface area contributed by atoms with Crippen LogP contribution in [0.5, 0.6) is 5.75 Å². The molecule has 23 heavy (non-hydrogen) atoms. The van der Waals surface area contributed by atoms with Gasteiger partial charge in [-0.2, -0.15) is 0 Å². The fourth-order valence-electron chi connectivity index (χ4n) is 1.84. The van der Waals surface area contributed by atoms with E-state index in [0.29, 0.717) is 11.3 Å². The molecule has 0 radical (unpaired) electrons. The van der Waals surface area contributed by atoms with Crippen molar-refractivity contribution in [2.45, 2.75) is 6.61 Å². The van der Waals surface area contributed by atoms with E-state index in [1.807, 2.05) is 0 Å². The number of hydrogen-bond acceptors (Lipinski definition) is 4. The van der Waals surface area contributed by atoms with Gasteiger partial charge in [0, 0.05) is 0 Å². The molecule has 0 aromatic heterocycles. The van der Waals surface area contributed by atoms with Crippen molar-refractivity contribution in [3.05, 3.63) is 70.1 Å². The van der Waals surface area contributed by atoms with Gasteiger partial charge in [0.05, 0.1) is 10.5 Å². The van der Waals surface area contributed by atoms with Gasteiger partial charge in [0.25, 0.3) is 0 Å². The van der Waals surface area contributed by atoms with Gasteiger partial charge in [-0.25, -0.2) is 9.59 Å². The molecule has 0 spiro atoms. The maximum absolute atomic E-state index is 10.9. The summed E-state index contributed by atoms with van der Waals surface area (Å²) < 4.78 is 5.59. The Morgan fingerprint density at radius 1 is 1.09 bits per heavy atom. The number of carbonyl (C=O) groups is 2. The van der Waals surface area contributed by atoms with Crippen LogP contribution in [0.25, 0.3) is 6.08 Å². The van der Waals surface area contributed by atoms with Crippen LogP contribution < -0.4 is 4.74 Å². The van der Waals surface area contributed by atoms with Crippen LogP contribution in [0, 0.1) is 0 Å². The average Bonchev–Trinajstić information content (AvgIpc) is 2.54. The lowest BCUT2D eigenvalue weighted by atomic mass is 10.1. The van der Waals surface area contributed by atoms with Crippen molar-refractivity contribution in [1.82, 2.24) is 0 Å². The van der Waals surface area contributed by atoms with Crippen LogP contribution in [0.15, 0.2) is 53.4 Å². The summed E-state index contributed by atoms with van der Waals surface area (Å²) in [5.41, 5.74) is 1.65. The molecule has 0 saturated carbocycles. The van der Waals surface area contributed by atoms with E-state index in [1.165, 1.54) is 12.1 Å². The zero-order valence-electron chi connectivity index (χ0n) is 12.0. The van der Waals surface area contributed by atoms with Gasteiger partial charge in [-0.15, -0.1) is 12.6 Å². The normalized spacial score (nSPS) is 11.1. The van der Waals surface area contributed by atoms with Crippen molar-refractivity contribution in [2.24, 2.45) is 0 Å². The van der Waals surface area contributed by atoms with E-state index in [1.54, 1.807) is 42.5 Å². The van der Waals surface area contributed by atoms with Crippen molar-refractivity contribution in [2.75, 3.05) is 0 Å². The third kappa shape index (κ3) is 4.89. The molecule has 2 aromatic carbocycles. The van der Waals surface area contributed by atoms with Crippen LogP contribution in [0.2, 0.25) is 0 Å². The molecule has 0 aliphatic rings. The van der Waals surface area contributed by atoms with E-state index < -0.39 is 11.9 Å². The van der Waals surface area contributed by atoms with E-state index in [9.17, 15) is 9.59 Å². The highest BCUT2D eigenvalue weighted by atomic mass is 32.1. The van der Waals surface area contributed by atoms with Crippen LogP contribution in [0.1, 0.15) is 21.5 Å². The largest absolute Gasteiger partial charge is 0.489 e. The molecule has 2 aromatic rings. The van der Waals surface area contributed by atoms with Crippen molar-refractivity contribution >= 4 is 30.6 Å². The number of carboxylic acids is 2. The van der Waals surface area contributed by atoms with Gasteiger partial charge < -0.3 is 14.9 Å². The Bertz CT molecular complexity index is 750. The van der Waals surface area contributed by atoms with Crippen LogP contribution in [0.3, 0.4) is 0 Å². The lowest BCUT2D eigenvalue weighted by Crippen LogP contribution is -2.00. The molecule has 0 unspecified atom stereocenters. The second-order valence-electron chi connectivity index (χ2n) is 4.70. The smallest absolute Gasteiger partial charge is 0.341 e. The molecule has 0 saturated heterocycles. The van der Waals surface area contributed by atoms with Crippen molar-refractivity contribution in [1.29, 1.82) is 0 Å². The number of benzene rings is 2. The molecule has 0 amide bonds. The molecule has 0 atom stereocenters. The van der Waals surface area contributed by atoms with Crippen LogP contribution in [0.4, 0.5) is 0 Å². The van der Waals surface area contributed by atoms with E-state index in [-0.39, 0.29) is 17.1 Å². The summed E-state index contributed by atoms with van der Waals surface area (Å²) in [7, 11) is 0. The predicted molar refractivity (Wildman–Crippen MR) is 88.8 cm³/mol. The van der Waals surface area contributed by atoms with Gasteiger partial charge in [0.1, 0.15) is 12.4 Å². The number of ether oxygens (including phenoxy) is 1. The standard InChI is InChI=1S/C17H14O5S/c18-16(19)13-3-1-2-12(8-13)10-22-14-6-4-11(5-7-14)9-15(23)17(20)21/h1-9,23H,10H2,(H,18,19)(H,20,21)/b15-9-. The highest BCUT2D eigenvalue weighted by Gasteiger charge is 2.04. The first-order valence-electron chi connectivity index (χ1n) is 6.65. The SMILES string of the molecule is O=C(O)/C(S)=C/c1ccc(OCc2cccc(C(=O)O)c2)cc1. The zero-order chi connectivity index (χ0) is 16.8. The topological polar surface area (TPSA) is 83.8 Å². The summed E-state index contributed by atoms with van der Waals surface area (Å²) in [5, 5.41) is 17.7. The summed E-state index contributed by atoms with van der Waals surface area (Å²) in [6, 6.07) is 13.3. The monoisotopic (exact) mass is 330 g/mol. The third-order valence-electron chi connectivity index (χ3n) is 2.98. The number of rotatable bonds is 6. The van der Waals surface area contributed by atoms with Crippen molar-refractivity contribution in [3.8, 4) is 5.75 Å². The molecule has 0 fully saturated rings. The number of hydrogen-bond donors (Lipinski definition) is 3. The Balaban J connectivity index is 2.02. The molecule has 118 valence electrons. The highest BCUT2D eigenvalue weighted by molar-refractivity contribution is 7.85. The molecule has 0 aliphatic heterocycles. The van der Waals surface area contributed by atoms with E-state index in [0.717, 1.165) is 5.56 Å². The fraction of sp³-hybridized carbons (Fsp3) is 0.0588. The molecule has 0 aliphatic carbocycles. The van der Waals surface area contributed by atoms with E-state index >= 15 is 0 Å². The molecule has 0 heterocycles. The molecule has 2 N–H and O–H groups in total. The summed E-state index contributed by atoms with van der Waals surface area (Å²) in [4.78, 5) is 21.5. The number of aliphatic carboxylic acids is 1. The first-order chi connectivity index (χ1) is 11.0. The van der Waals surface area contributed by atoms with Gasteiger partial charge in [-0.05, 0) is 41.5 Å². The lowest BCUT2D eigenvalue weighted by Gasteiger charge is -2.07. The van der Waals surface area contributed by atoms with Crippen LogP contribution in [-0.2, 0) is 11.4 Å². The summed E-state index contributed by atoms with van der Waals surface area (Å²) >= 11 is 3.86. The van der Waals surface area contributed by atoms with Gasteiger partial charge in [-0.1, -0.05) is 24.3 Å². The van der Waals surface area contributed by atoms with Gasteiger partial charge in [0.15, 0.2) is 0 Å². The zero-order valence-corrected chi connectivity index (χ0v) is 12.9. The Morgan fingerprint density at radius 2 is 1.78 bits per heavy atom. The maximum Gasteiger partial charge on any atom is 0.341 e. The quantitative estimate of drug-likeness (QED) is 0.559. The number of carboxylic acid groups (broad SMARTS) is 2. The second-order valence-corrected chi connectivity index (χ2v) is 5.18. The Hall–Kier alpha value is -2.73. The van der Waals surface area contributed by atoms with Crippen LogP contribution in [-0.4, -0.2) is 22.2 Å². The maximum atomic E-state index is 10.9. The Labute approximate surface area is 138 Å². The minimum Gasteiger partial charge on any atom is -0.489 e. The van der Waals surface area contributed by atoms with Gasteiger partial charge in [0.2, 0.25) is 0 Å². The summed E-state index contributed by atoms with van der Waals surface area (Å²) in [5.74, 6) is -1.48. The van der Waals surface area contributed by atoms with Crippen molar-refractivity contribution in [3.63, 3.8) is 0 Å². The minimum atomic E-state index is -1.09. The Kier molecular flexibility index (Phi) is 5.43. The Morgan fingerprint density at radius 3 is 2.39 bits per heavy atom. The second kappa shape index (κ2) is 7.51.